The summed E-state index contributed by atoms with van der Waals surface area (Å²) in [6, 6.07) is 10.7. The van der Waals surface area contributed by atoms with E-state index >= 15 is 0 Å². The van der Waals surface area contributed by atoms with Gasteiger partial charge in [0.1, 0.15) is 0 Å². The van der Waals surface area contributed by atoms with Gasteiger partial charge in [-0.2, -0.15) is 0 Å². The minimum atomic E-state index is 0. The predicted molar refractivity (Wildman–Crippen MR) is 72.5 cm³/mol. The van der Waals surface area contributed by atoms with E-state index in [1.54, 1.807) is 0 Å². The first kappa shape index (κ1) is 10.9. The van der Waals surface area contributed by atoms with Gasteiger partial charge in [0.2, 0.25) is 0 Å². The number of aryl methyl sites for hydroxylation is 1. The van der Waals surface area contributed by atoms with Crippen molar-refractivity contribution in [3.8, 4) is 0 Å². The molecule has 0 saturated carbocycles. The first-order chi connectivity index (χ1) is 7.95. The molecule has 0 atom stereocenters. The second-order valence-electron chi connectivity index (χ2n) is 4.14. The van der Waals surface area contributed by atoms with Crippen LogP contribution in [-0.2, 0) is 6.42 Å². The van der Waals surface area contributed by atoms with Gasteiger partial charge in [-0.25, -0.2) is 0 Å². The molecule has 0 unspecified atom stereocenters. The van der Waals surface area contributed by atoms with Crippen LogP contribution in [0, 0.1) is 0 Å². The van der Waals surface area contributed by atoms with Crippen LogP contribution in [0.25, 0.3) is 0 Å². The molecular formula is C16H20. The summed E-state index contributed by atoms with van der Waals surface area (Å²) < 4.78 is 0. The largest absolute Gasteiger partial charge is 0.0807 e. The molecule has 0 aliphatic heterocycles. The predicted octanol–water partition coefficient (Wildman–Crippen LogP) is 4.70. The van der Waals surface area contributed by atoms with E-state index in [-0.39, 0.29) is 1.43 Å². The van der Waals surface area contributed by atoms with Gasteiger partial charge < -0.3 is 0 Å². The molecule has 0 spiro atoms. The number of hydrogen-bond acceptors (Lipinski definition) is 0. The van der Waals surface area contributed by atoms with E-state index in [4.69, 9.17) is 0 Å². The molecule has 1 aromatic rings. The summed E-state index contributed by atoms with van der Waals surface area (Å²) in [5.41, 5.74) is 2.92. The Bertz CT molecular complexity index is 399. The van der Waals surface area contributed by atoms with E-state index in [0.29, 0.717) is 0 Å². The normalized spacial score (nSPS) is 14.6. The highest BCUT2D eigenvalue weighted by Gasteiger charge is 1.96. The van der Waals surface area contributed by atoms with Gasteiger partial charge in [0, 0.05) is 1.43 Å². The Balaban J connectivity index is 0.00000144. The van der Waals surface area contributed by atoms with Gasteiger partial charge in [-0.3, -0.25) is 0 Å². The molecule has 0 fully saturated rings. The number of allylic oxidation sites excluding steroid dienone is 6. The van der Waals surface area contributed by atoms with Crippen LogP contribution in [0.4, 0.5) is 0 Å². The Morgan fingerprint density at radius 1 is 1.00 bits per heavy atom. The molecular weight excluding hydrogens is 192 g/mol. The van der Waals surface area contributed by atoms with Crippen molar-refractivity contribution in [2.75, 3.05) is 0 Å². The molecule has 1 aromatic carbocycles. The first-order valence-corrected chi connectivity index (χ1v) is 6.01. The highest BCUT2D eigenvalue weighted by Crippen LogP contribution is 2.14. The average Bonchev–Trinajstić information content (AvgIpc) is 2.59. The Hall–Kier alpha value is -1.56. The first-order valence-electron chi connectivity index (χ1n) is 6.01. The molecule has 0 aromatic heterocycles. The van der Waals surface area contributed by atoms with E-state index < -0.39 is 0 Å². The Labute approximate surface area is 99.5 Å². The zero-order chi connectivity index (χ0) is 11.1. The lowest BCUT2D eigenvalue weighted by Crippen LogP contribution is -1.86. The maximum Gasteiger partial charge on any atom is 0 e. The number of benzene rings is 1. The highest BCUT2D eigenvalue weighted by atomic mass is 14.0. The van der Waals surface area contributed by atoms with Crippen molar-refractivity contribution in [1.82, 2.24) is 0 Å². The number of rotatable bonds is 4. The van der Waals surface area contributed by atoms with E-state index in [2.05, 4.69) is 60.7 Å². The second kappa shape index (κ2) is 6.12. The smallest absolute Gasteiger partial charge is 0 e. The average molecular weight is 212 g/mol. The van der Waals surface area contributed by atoms with Gasteiger partial charge in [-0.05, 0) is 31.2 Å². The molecule has 2 rings (SSSR count). The monoisotopic (exact) mass is 212 g/mol. The zero-order valence-electron chi connectivity index (χ0n) is 9.60. The standard InChI is InChI=1S/C16H18.H2/c1-2-5-10-15(9-4-1)13-8-14-16-11-6-3-7-12-16;/h1-4,6-7,9-12H,5,8,13-14H2;1H. The topological polar surface area (TPSA) is 0 Å². The van der Waals surface area contributed by atoms with Gasteiger partial charge in [0.05, 0.1) is 0 Å². The van der Waals surface area contributed by atoms with Crippen LogP contribution < -0.4 is 0 Å². The van der Waals surface area contributed by atoms with Crippen molar-refractivity contribution in [2.45, 2.75) is 25.7 Å². The Kier molecular flexibility index (Phi) is 4.18. The maximum absolute atomic E-state index is 2.32. The Morgan fingerprint density at radius 3 is 2.75 bits per heavy atom. The molecule has 1 aliphatic rings. The van der Waals surface area contributed by atoms with E-state index in [1.165, 1.54) is 30.4 Å². The van der Waals surface area contributed by atoms with Crippen molar-refractivity contribution >= 4 is 0 Å². The third-order valence-corrected chi connectivity index (χ3v) is 2.85. The van der Waals surface area contributed by atoms with Gasteiger partial charge in [-0.15, -0.1) is 0 Å². The third-order valence-electron chi connectivity index (χ3n) is 2.85. The summed E-state index contributed by atoms with van der Waals surface area (Å²) >= 11 is 0. The highest BCUT2D eigenvalue weighted by molar-refractivity contribution is 5.26. The number of hydrogen-bond donors (Lipinski definition) is 0. The molecule has 0 amide bonds. The van der Waals surface area contributed by atoms with Crippen LogP contribution in [0.3, 0.4) is 0 Å². The molecule has 0 heterocycles. The van der Waals surface area contributed by atoms with Gasteiger partial charge >= 0.3 is 0 Å². The SMILES string of the molecule is C1=CCC=C(CCCc2ccccc2)C=C1.[HH]. The third kappa shape index (κ3) is 3.54. The van der Waals surface area contributed by atoms with Gasteiger partial charge in [0.25, 0.3) is 0 Å². The van der Waals surface area contributed by atoms with Gasteiger partial charge in [-0.1, -0.05) is 66.3 Å². The van der Waals surface area contributed by atoms with Crippen LogP contribution in [0.1, 0.15) is 26.3 Å². The minimum absolute atomic E-state index is 0. The van der Waals surface area contributed by atoms with Crippen LogP contribution >= 0.6 is 0 Å². The molecule has 0 saturated heterocycles. The zero-order valence-corrected chi connectivity index (χ0v) is 9.60. The summed E-state index contributed by atoms with van der Waals surface area (Å²) in [6.45, 7) is 0. The fourth-order valence-corrected chi connectivity index (χ4v) is 1.95. The summed E-state index contributed by atoms with van der Waals surface area (Å²) in [4.78, 5) is 0. The molecule has 1 aliphatic carbocycles. The fourth-order valence-electron chi connectivity index (χ4n) is 1.95. The summed E-state index contributed by atoms with van der Waals surface area (Å²) in [5.74, 6) is 0. The fraction of sp³-hybridized carbons (Fsp3) is 0.250. The molecule has 84 valence electrons. The molecule has 0 N–H and O–H groups in total. The summed E-state index contributed by atoms with van der Waals surface area (Å²) in [6.07, 6.45) is 15.7. The van der Waals surface area contributed by atoms with Crippen molar-refractivity contribution in [2.24, 2.45) is 0 Å². The summed E-state index contributed by atoms with van der Waals surface area (Å²) in [7, 11) is 0. The molecule has 0 heteroatoms. The van der Waals surface area contributed by atoms with Crippen molar-refractivity contribution in [1.29, 1.82) is 0 Å². The lowest BCUT2D eigenvalue weighted by Gasteiger charge is -2.02. The van der Waals surface area contributed by atoms with Crippen molar-refractivity contribution < 1.29 is 1.43 Å². The Morgan fingerprint density at radius 2 is 1.88 bits per heavy atom. The van der Waals surface area contributed by atoms with Gasteiger partial charge in [0.15, 0.2) is 0 Å². The maximum atomic E-state index is 2.32. The minimum Gasteiger partial charge on any atom is -0.0807 e. The summed E-state index contributed by atoms with van der Waals surface area (Å²) in [5, 5.41) is 0. The molecule has 0 nitrogen and oxygen atoms in total. The van der Waals surface area contributed by atoms with Crippen LogP contribution in [0.15, 0.2) is 66.3 Å². The lowest BCUT2D eigenvalue weighted by molar-refractivity contribution is 0.822. The van der Waals surface area contributed by atoms with Crippen molar-refractivity contribution in [3.05, 3.63) is 71.8 Å². The van der Waals surface area contributed by atoms with Crippen LogP contribution in [0.5, 0.6) is 0 Å². The van der Waals surface area contributed by atoms with Crippen LogP contribution in [0.2, 0.25) is 0 Å². The second-order valence-corrected chi connectivity index (χ2v) is 4.14. The molecule has 16 heavy (non-hydrogen) atoms. The van der Waals surface area contributed by atoms with E-state index in [0.717, 1.165) is 6.42 Å². The quantitative estimate of drug-likeness (QED) is 0.678. The molecule has 0 bridgehead atoms. The van der Waals surface area contributed by atoms with Crippen LogP contribution in [-0.4, -0.2) is 0 Å². The van der Waals surface area contributed by atoms with E-state index in [9.17, 15) is 0 Å². The molecule has 0 radical (unpaired) electrons. The van der Waals surface area contributed by atoms with Crippen molar-refractivity contribution in [3.63, 3.8) is 0 Å². The van der Waals surface area contributed by atoms with E-state index in [1.807, 2.05) is 0 Å². The lowest BCUT2D eigenvalue weighted by atomic mass is 10.0.